The largest absolute Gasteiger partial charge is 0.508 e. The Bertz CT molecular complexity index is 680. The van der Waals surface area contributed by atoms with Crippen molar-refractivity contribution < 1.29 is 29.2 Å². The molecule has 0 spiro atoms. The minimum absolute atomic E-state index is 0.0900. The average Bonchev–Trinajstić information content (AvgIpc) is 2.61. The first kappa shape index (κ1) is 18.6. The van der Waals surface area contributed by atoms with Gasteiger partial charge in [-0.1, -0.05) is 12.1 Å². The number of carboxylic acids is 1. The van der Waals surface area contributed by atoms with Gasteiger partial charge in [0.15, 0.2) is 0 Å². The van der Waals surface area contributed by atoms with Crippen LogP contribution in [0, 0.1) is 0 Å². The second-order valence-corrected chi connectivity index (χ2v) is 5.78. The molecule has 6 nitrogen and oxygen atoms in total. The van der Waals surface area contributed by atoms with Crippen LogP contribution >= 0.6 is 0 Å². The monoisotopic (exact) mass is 346 g/mol. The number of aliphatic carboxylic acids is 1. The van der Waals surface area contributed by atoms with Crippen LogP contribution in [0.15, 0.2) is 48.5 Å². The van der Waals surface area contributed by atoms with E-state index in [-0.39, 0.29) is 18.8 Å². The Morgan fingerprint density at radius 3 is 2.20 bits per heavy atom. The van der Waals surface area contributed by atoms with Crippen molar-refractivity contribution in [2.75, 3.05) is 13.7 Å². The summed E-state index contributed by atoms with van der Waals surface area (Å²) in [6.07, 6.45) is 0.180. The van der Waals surface area contributed by atoms with Gasteiger partial charge in [0.1, 0.15) is 17.2 Å². The molecule has 0 aromatic heterocycles. The van der Waals surface area contributed by atoms with E-state index < -0.39 is 11.6 Å². The van der Waals surface area contributed by atoms with Gasteiger partial charge in [0.05, 0.1) is 20.3 Å². The van der Waals surface area contributed by atoms with Gasteiger partial charge in [-0.15, -0.1) is 0 Å². The van der Waals surface area contributed by atoms with Crippen molar-refractivity contribution in [2.45, 2.75) is 25.6 Å². The molecule has 2 rings (SSSR count). The maximum Gasteiger partial charge on any atom is 0.347 e. The first-order chi connectivity index (χ1) is 11.9. The third kappa shape index (κ3) is 5.39. The van der Waals surface area contributed by atoms with E-state index in [1.165, 1.54) is 31.2 Å². The summed E-state index contributed by atoms with van der Waals surface area (Å²) in [7, 11) is 1.60. The molecule has 2 N–H and O–H groups in total. The Morgan fingerprint density at radius 2 is 1.64 bits per heavy atom. The zero-order valence-electron chi connectivity index (χ0n) is 14.3. The third-order valence-corrected chi connectivity index (χ3v) is 3.78. The van der Waals surface area contributed by atoms with Crippen LogP contribution in [-0.2, 0) is 16.1 Å². The SMILES string of the molecule is COc1ccc(COCCC(C)(Oc2ccc(O)cc2)C(=O)O)cc1. The molecule has 0 heterocycles. The summed E-state index contributed by atoms with van der Waals surface area (Å²) in [6.45, 7) is 2.10. The van der Waals surface area contributed by atoms with Crippen molar-refractivity contribution in [3.05, 3.63) is 54.1 Å². The number of methoxy groups -OCH3 is 1. The second-order valence-electron chi connectivity index (χ2n) is 5.78. The summed E-state index contributed by atoms with van der Waals surface area (Å²) in [4.78, 5) is 11.6. The minimum atomic E-state index is -1.42. The van der Waals surface area contributed by atoms with Gasteiger partial charge in [0.25, 0.3) is 0 Å². The Labute approximate surface area is 146 Å². The van der Waals surface area contributed by atoms with E-state index in [2.05, 4.69) is 0 Å². The van der Waals surface area contributed by atoms with Gasteiger partial charge in [-0.2, -0.15) is 0 Å². The van der Waals surface area contributed by atoms with Crippen LogP contribution in [0.25, 0.3) is 0 Å². The first-order valence-corrected chi connectivity index (χ1v) is 7.85. The molecule has 0 aliphatic heterocycles. The zero-order chi connectivity index (χ0) is 18.3. The lowest BCUT2D eigenvalue weighted by atomic mass is 10.0. The van der Waals surface area contributed by atoms with Crippen molar-refractivity contribution in [3.63, 3.8) is 0 Å². The summed E-state index contributed by atoms with van der Waals surface area (Å²) in [5, 5.41) is 18.8. The lowest BCUT2D eigenvalue weighted by Gasteiger charge is -2.26. The number of phenols is 1. The lowest BCUT2D eigenvalue weighted by Crippen LogP contribution is -2.42. The summed E-state index contributed by atoms with van der Waals surface area (Å²) in [5.74, 6) is 0.156. The first-order valence-electron chi connectivity index (χ1n) is 7.85. The van der Waals surface area contributed by atoms with Crippen LogP contribution in [0.5, 0.6) is 17.2 Å². The van der Waals surface area contributed by atoms with Crippen LogP contribution < -0.4 is 9.47 Å². The van der Waals surface area contributed by atoms with E-state index in [4.69, 9.17) is 14.2 Å². The number of hydrogen-bond acceptors (Lipinski definition) is 5. The molecule has 2 aromatic rings. The van der Waals surface area contributed by atoms with E-state index in [0.29, 0.717) is 12.4 Å². The highest BCUT2D eigenvalue weighted by atomic mass is 16.5. The van der Waals surface area contributed by atoms with Crippen LogP contribution in [0.4, 0.5) is 0 Å². The fourth-order valence-electron chi connectivity index (χ4n) is 2.15. The normalized spacial score (nSPS) is 13.0. The summed E-state index contributed by atoms with van der Waals surface area (Å²) >= 11 is 0. The molecule has 0 aliphatic rings. The van der Waals surface area contributed by atoms with Gasteiger partial charge in [-0.3, -0.25) is 0 Å². The Hall–Kier alpha value is -2.73. The smallest absolute Gasteiger partial charge is 0.347 e. The van der Waals surface area contributed by atoms with Crippen LogP contribution in [0.2, 0.25) is 0 Å². The standard InChI is InChI=1S/C19H22O6/c1-19(18(21)22,25-17-9-5-15(20)6-10-17)11-12-24-13-14-3-7-16(23-2)8-4-14/h3-10,20H,11-13H2,1-2H3,(H,21,22). The van der Waals surface area contributed by atoms with Gasteiger partial charge in [0.2, 0.25) is 5.60 Å². The molecule has 6 heteroatoms. The molecular formula is C19H22O6. The molecule has 1 unspecified atom stereocenters. The maximum atomic E-state index is 11.6. The fraction of sp³-hybridized carbons (Fsp3) is 0.316. The summed E-state index contributed by atoms with van der Waals surface area (Å²) in [6, 6.07) is 13.4. The highest BCUT2D eigenvalue weighted by molar-refractivity contribution is 5.77. The van der Waals surface area contributed by atoms with E-state index in [1.807, 2.05) is 24.3 Å². The van der Waals surface area contributed by atoms with Crippen molar-refractivity contribution >= 4 is 5.97 Å². The number of rotatable bonds is 9. The molecule has 0 fully saturated rings. The van der Waals surface area contributed by atoms with Gasteiger partial charge in [-0.25, -0.2) is 4.79 Å². The number of ether oxygens (including phenoxy) is 3. The molecule has 0 bridgehead atoms. The second kappa shape index (κ2) is 8.39. The number of aromatic hydroxyl groups is 1. The predicted octanol–water partition coefficient (Wildman–Crippen LogP) is 3.23. The lowest BCUT2D eigenvalue weighted by molar-refractivity contribution is -0.155. The van der Waals surface area contributed by atoms with Crippen molar-refractivity contribution in [1.82, 2.24) is 0 Å². The minimum Gasteiger partial charge on any atom is -0.508 e. The molecule has 0 aliphatic carbocycles. The predicted molar refractivity (Wildman–Crippen MR) is 92.0 cm³/mol. The van der Waals surface area contributed by atoms with Gasteiger partial charge < -0.3 is 24.4 Å². The zero-order valence-corrected chi connectivity index (χ0v) is 14.3. The number of hydrogen-bond donors (Lipinski definition) is 2. The quantitative estimate of drug-likeness (QED) is 0.678. The number of carbonyl (C=O) groups is 1. The topological polar surface area (TPSA) is 85.2 Å². The van der Waals surface area contributed by atoms with Crippen molar-refractivity contribution in [1.29, 1.82) is 0 Å². The van der Waals surface area contributed by atoms with E-state index >= 15 is 0 Å². The molecule has 0 saturated heterocycles. The Balaban J connectivity index is 1.87. The number of carboxylic acid groups (broad SMARTS) is 1. The summed E-state index contributed by atoms with van der Waals surface area (Å²) in [5.41, 5.74) is -0.450. The summed E-state index contributed by atoms with van der Waals surface area (Å²) < 4.78 is 16.3. The molecule has 0 saturated carbocycles. The average molecular weight is 346 g/mol. The van der Waals surface area contributed by atoms with Gasteiger partial charge in [-0.05, 0) is 48.9 Å². The number of phenolic OH excluding ortho intramolecular Hbond substituents is 1. The molecule has 0 radical (unpaired) electrons. The Kier molecular flexibility index (Phi) is 6.25. The van der Waals surface area contributed by atoms with Crippen molar-refractivity contribution in [2.24, 2.45) is 0 Å². The molecule has 25 heavy (non-hydrogen) atoms. The van der Waals surface area contributed by atoms with Crippen LogP contribution in [0.3, 0.4) is 0 Å². The van der Waals surface area contributed by atoms with Gasteiger partial charge in [0, 0.05) is 6.42 Å². The van der Waals surface area contributed by atoms with E-state index in [1.54, 1.807) is 7.11 Å². The molecule has 1 atom stereocenters. The molecular weight excluding hydrogens is 324 g/mol. The van der Waals surface area contributed by atoms with E-state index in [0.717, 1.165) is 11.3 Å². The van der Waals surface area contributed by atoms with Gasteiger partial charge >= 0.3 is 5.97 Å². The van der Waals surface area contributed by atoms with Crippen molar-refractivity contribution in [3.8, 4) is 17.2 Å². The van der Waals surface area contributed by atoms with Crippen LogP contribution in [0.1, 0.15) is 18.9 Å². The highest BCUT2D eigenvalue weighted by Crippen LogP contribution is 2.24. The third-order valence-electron chi connectivity index (χ3n) is 3.78. The Morgan fingerprint density at radius 1 is 1.04 bits per heavy atom. The molecule has 2 aromatic carbocycles. The highest BCUT2D eigenvalue weighted by Gasteiger charge is 2.35. The maximum absolute atomic E-state index is 11.6. The molecule has 134 valence electrons. The number of benzene rings is 2. The fourth-order valence-corrected chi connectivity index (χ4v) is 2.15. The van der Waals surface area contributed by atoms with E-state index in [9.17, 15) is 15.0 Å². The van der Waals surface area contributed by atoms with Crippen LogP contribution in [-0.4, -0.2) is 35.5 Å². The molecule has 0 amide bonds.